The van der Waals surface area contributed by atoms with Gasteiger partial charge in [-0.15, -0.1) is 0 Å². The van der Waals surface area contributed by atoms with E-state index in [0.717, 1.165) is 26.1 Å². The molecule has 0 aromatic heterocycles. The Kier molecular flexibility index (Phi) is 3.30. The molecule has 2 nitrogen and oxygen atoms in total. The van der Waals surface area contributed by atoms with Gasteiger partial charge in [-0.3, -0.25) is 4.90 Å². The molecule has 1 aromatic rings. The van der Waals surface area contributed by atoms with E-state index in [-0.39, 0.29) is 0 Å². The Morgan fingerprint density at radius 2 is 2.31 bits per heavy atom. The maximum absolute atomic E-state index is 3.94. The monoisotopic (exact) mass is 216 g/mol. The van der Waals surface area contributed by atoms with Crippen molar-refractivity contribution >= 4 is 5.69 Å². The highest BCUT2D eigenvalue weighted by Gasteiger charge is 2.10. The second-order valence-electron chi connectivity index (χ2n) is 4.80. The number of benzene rings is 1. The highest BCUT2D eigenvalue weighted by atomic mass is 15.1. The van der Waals surface area contributed by atoms with E-state index >= 15 is 0 Å². The standard InChI is InChI=1S/C14H20N2/c1-11(2)9-16(3)10-12-4-5-14-13(8-12)6-7-15-14/h4-5,8,15H,1,6-7,9-10H2,2-3H3. The average Bonchev–Trinajstić information content (AvgIpc) is 2.63. The van der Waals surface area contributed by atoms with Gasteiger partial charge in [-0.25, -0.2) is 0 Å². The van der Waals surface area contributed by atoms with Crippen LogP contribution in [0, 0.1) is 0 Å². The van der Waals surface area contributed by atoms with Crippen molar-refractivity contribution in [1.29, 1.82) is 0 Å². The highest BCUT2D eigenvalue weighted by molar-refractivity contribution is 5.56. The van der Waals surface area contributed by atoms with Crippen LogP contribution >= 0.6 is 0 Å². The van der Waals surface area contributed by atoms with Crippen molar-refractivity contribution in [3.05, 3.63) is 41.5 Å². The molecule has 1 aliphatic heterocycles. The molecule has 0 spiro atoms. The number of nitrogens with one attached hydrogen (secondary N) is 1. The SMILES string of the molecule is C=C(C)CN(C)Cc1ccc2c(c1)CCN2. The predicted octanol–water partition coefficient (Wildman–Crippen LogP) is 2.66. The summed E-state index contributed by atoms with van der Waals surface area (Å²) in [6.45, 7) is 9.07. The van der Waals surface area contributed by atoms with Crippen LogP contribution in [0.5, 0.6) is 0 Å². The van der Waals surface area contributed by atoms with Gasteiger partial charge in [0.15, 0.2) is 0 Å². The van der Waals surface area contributed by atoms with Crippen molar-refractivity contribution < 1.29 is 0 Å². The Balaban J connectivity index is 2.02. The van der Waals surface area contributed by atoms with Crippen LogP contribution in [0.15, 0.2) is 30.4 Å². The van der Waals surface area contributed by atoms with Gasteiger partial charge in [0.25, 0.3) is 0 Å². The second kappa shape index (κ2) is 4.71. The molecular formula is C14H20N2. The molecule has 86 valence electrons. The topological polar surface area (TPSA) is 15.3 Å². The molecule has 2 heteroatoms. The smallest absolute Gasteiger partial charge is 0.0373 e. The molecular weight excluding hydrogens is 196 g/mol. The highest BCUT2D eigenvalue weighted by Crippen LogP contribution is 2.23. The number of nitrogens with zero attached hydrogens (tertiary/aromatic N) is 1. The van der Waals surface area contributed by atoms with E-state index in [9.17, 15) is 0 Å². The third kappa shape index (κ3) is 2.64. The van der Waals surface area contributed by atoms with Gasteiger partial charge in [0, 0.05) is 25.3 Å². The molecule has 0 aliphatic carbocycles. The molecule has 0 unspecified atom stereocenters. The van der Waals surface area contributed by atoms with Crippen LogP contribution in [0.1, 0.15) is 18.1 Å². The lowest BCUT2D eigenvalue weighted by Gasteiger charge is -2.17. The predicted molar refractivity (Wildman–Crippen MR) is 69.8 cm³/mol. The van der Waals surface area contributed by atoms with Crippen LogP contribution in [-0.4, -0.2) is 25.0 Å². The Bertz CT molecular complexity index is 396. The largest absolute Gasteiger partial charge is 0.384 e. The number of hydrogen-bond acceptors (Lipinski definition) is 2. The lowest BCUT2D eigenvalue weighted by Crippen LogP contribution is -2.19. The van der Waals surface area contributed by atoms with E-state index in [1.54, 1.807) is 0 Å². The van der Waals surface area contributed by atoms with Gasteiger partial charge >= 0.3 is 0 Å². The summed E-state index contributed by atoms with van der Waals surface area (Å²) in [5.74, 6) is 0. The summed E-state index contributed by atoms with van der Waals surface area (Å²) in [4.78, 5) is 2.30. The fourth-order valence-corrected chi connectivity index (χ4v) is 2.28. The molecule has 0 saturated heterocycles. The van der Waals surface area contributed by atoms with Crippen molar-refractivity contribution in [2.75, 3.05) is 25.5 Å². The zero-order chi connectivity index (χ0) is 11.5. The van der Waals surface area contributed by atoms with Crippen LogP contribution < -0.4 is 5.32 Å². The molecule has 1 heterocycles. The van der Waals surface area contributed by atoms with Crippen LogP contribution in [0.25, 0.3) is 0 Å². The molecule has 2 rings (SSSR count). The first-order valence-electron chi connectivity index (χ1n) is 5.84. The summed E-state index contributed by atoms with van der Waals surface area (Å²) in [7, 11) is 2.14. The van der Waals surface area contributed by atoms with Crippen molar-refractivity contribution in [3.63, 3.8) is 0 Å². The molecule has 0 radical (unpaired) electrons. The molecule has 1 aliphatic rings. The van der Waals surface area contributed by atoms with Crippen molar-refractivity contribution in [3.8, 4) is 0 Å². The van der Waals surface area contributed by atoms with Gasteiger partial charge in [0.05, 0.1) is 0 Å². The summed E-state index contributed by atoms with van der Waals surface area (Å²) in [6.07, 6.45) is 1.16. The summed E-state index contributed by atoms with van der Waals surface area (Å²) in [5.41, 5.74) is 5.38. The van der Waals surface area contributed by atoms with E-state index in [0.29, 0.717) is 0 Å². The van der Waals surface area contributed by atoms with E-state index in [4.69, 9.17) is 0 Å². The summed E-state index contributed by atoms with van der Waals surface area (Å²) in [5, 5.41) is 3.39. The van der Waals surface area contributed by atoms with Gasteiger partial charge in [-0.05, 0) is 37.6 Å². The van der Waals surface area contributed by atoms with Gasteiger partial charge in [0.2, 0.25) is 0 Å². The average molecular weight is 216 g/mol. The lowest BCUT2D eigenvalue weighted by atomic mass is 10.1. The molecule has 0 saturated carbocycles. The number of likely N-dealkylation sites (N-methyl/N-ethyl adjacent to an activating group) is 1. The molecule has 16 heavy (non-hydrogen) atoms. The Morgan fingerprint density at radius 3 is 3.06 bits per heavy atom. The molecule has 0 bridgehead atoms. The zero-order valence-electron chi connectivity index (χ0n) is 10.2. The molecule has 0 amide bonds. The van der Waals surface area contributed by atoms with Gasteiger partial charge < -0.3 is 5.32 Å². The molecule has 0 fully saturated rings. The van der Waals surface area contributed by atoms with E-state index in [1.807, 2.05) is 0 Å². The number of hydrogen-bond donors (Lipinski definition) is 1. The number of anilines is 1. The first-order valence-corrected chi connectivity index (χ1v) is 5.84. The van der Waals surface area contributed by atoms with E-state index in [1.165, 1.54) is 22.4 Å². The third-order valence-electron chi connectivity index (χ3n) is 2.87. The maximum atomic E-state index is 3.94. The Hall–Kier alpha value is -1.28. The number of fused-ring (bicyclic) bond motifs is 1. The minimum atomic E-state index is 0.968. The van der Waals surface area contributed by atoms with Gasteiger partial charge in [-0.2, -0.15) is 0 Å². The quantitative estimate of drug-likeness (QED) is 0.778. The minimum Gasteiger partial charge on any atom is -0.384 e. The van der Waals surface area contributed by atoms with Gasteiger partial charge in [-0.1, -0.05) is 24.3 Å². The normalized spacial score (nSPS) is 13.7. The van der Waals surface area contributed by atoms with Gasteiger partial charge in [0.1, 0.15) is 0 Å². The maximum Gasteiger partial charge on any atom is 0.0373 e. The summed E-state index contributed by atoms with van der Waals surface area (Å²) in [6, 6.07) is 6.74. The first-order chi connectivity index (χ1) is 7.65. The van der Waals surface area contributed by atoms with Crippen molar-refractivity contribution in [2.45, 2.75) is 19.9 Å². The lowest BCUT2D eigenvalue weighted by molar-refractivity contribution is 0.355. The molecule has 1 aromatic carbocycles. The fourth-order valence-electron chi connectivity index (χ4n) is 2.28. The summed E-state index contributed by atoms with van der Waals surface area (Å²) >= 11 is 0. The zero-order valence-corrected chi connectivity index (χ0v) is 10.2. The fraction of sp³-hybridized carbons (Fsp3) is 0.429. The van der Waals surface area contributed by atoms with Crippen molar-refractivity contribution in [2.24, 2.45) is 0 Å². The second-order valence-corrected chi connectivity index (χ2v) is 4.80. The van der Waals surface area contributed by atoms with Crippen LogP contribution in [0.3, 0.4) is 0 Å². The molecule has 0 atom stereocenters. The first kappa shape index (κ1) is 11.2. The minimum absolute atomic E-state index is 0.968. The molecule has 1 N–H and O–H groups in total. The van der Waals surface area contributed by atoms with E-state index in [2.05, 4.69) is 49.0 Å². The van der Waals surface area contributed by atoms with Crippen LogP contribution in [0.4, 0.5) is 5.69 Å². The Labute approximate surface area is 98.0 Å². The third-order valence-corrected chi connectivity index (χ3v) is 2.87. The van der Waals surface area contributed by atoms with Crippen LogP contribution in [-0.2, 0) is 13.0 Å². The number of rotatable bonds is 4. The van der Waals surface area contributed by atoms with Crippen molar-refractivity contribution in [1.82, 2.24) is 4.90 Å². The Morgan fingerprint density at radius 1 is 1.50 bits per heavy atom. The van der Waals surface area contributed by atoms with E-state index < -0.39 is 0 Å². The van der Waals surface area contributed by atoms with Crippen LogP contribution in [0.2, 0.25) is 0 Å². The summed E-state index contributed by atoms with van der Waals surface area (Å²) < 4.78 is 0.